The third-order valence-electron chi connectivity index (χ3n) is 2.80. The molecule has 120 valence electrons. The van der Waals surface area contributed by atoms with Crippen LogP contribution in [0.4, 0.5) is 4.79 Å². The lowest BCUT2D eigenvalue weighted by Gasteiger charge is -2.20. The molecule has 0 spiro atoms. The van der Waals surface area contributed by atoms with Gasteiger partial charge < -0.3 is 15.8 Å². The van der Waals surface area contributed by atoms with Crippen LogP contribution in [0.25, 0.3) is 0 Å². The van der Waals surface area contributed by atoms with Gasteiger partial charge in [-0.15, -0.1) is 0 Å². The number of alkyl carbamates (subject to hydrolysis) is 1. The number of ether oxygens (including phenoxy) is 1. The summed E-state index contributed by atoms with van der Waals surface area (Å²) in [5.41, 5.74) is 9.76. The highest BCUT2D eigenvalue weighted by Crippen LogP contribution is 2.16. The third kappa shape index (κ3) is 7.14. The first-order valence-electron chi connectivity index (χ1n) is 7.49. The average molecular weight is 294 g/mol. The van der Waals surface area contributed by atoms with E-state index >= 15 is 0 Å². The van der Waals surface area contributed by atoms with E-state index in [4.69, 9.17) is 10.5 Å². The number of nitrogens with one attached hydrogen (secondary N) is 1. The van der Waals surface area contributed by atoms with Gasteiger partial charge in [-0.3, -0.25) is 0 Å². The summed E-state index contributed by atoms with van der Waals surface area (Å²) in [5, 5.41) is 2.76. The van der Waals surface area contributed by atoms with Gasteiger partial charge in [0.2, 0.25) is 0 Å². The molecule has 0 aliphatic carbocycles. The second-order valence-electron chi connectivity index (χ2n) is 5.77. The second kappa shape index (κ2) is 8.67. The summed E-state index contributed by atoms with van der Waals surface area (Å²) >= 11 is 0. The number of amides is 1. The molecule has 0 heterocycles. The van der Waals surface area contributed by atoms with Crippen molar-refractivity contribution in [2.45, 2.75) is 67.2 Å². The number of aryl methyl sites for hydroxylation is 2. The highest BCUT2D eigenvalue weighted by molar-refractivity contribution is 5.67. The van der Waals surface area contributed by atoms with Gasteiger partial charge in [-0.25, -0.2) is 4.79 Å². The molecule has 0 bridgehead atoms. The summed E-state index contributed by atoms with van der Waals surface area (Å²) < 4.78 is 5.19. The maximum atomic E-state index is 11.6. The van der Waals surface area contributed by atoms with Crippen LogP contribution in [-0.4, -0.2) is 11.7 Å². The van der Waals surface area contributed by atoms with Crippen LogP contribution in [0.2, 0.25) is 0 Å². The number of nitrogens with two attached hydrogens (primary N) is 1. The van der Waals surface area contributed by atoms with Gasteiger partial charge in [0, 0.05) is 13.1 Å². The first-order chi connectivity index (χ1) is 9.73. The molecule has 0 aliphatic heterocycles. The van der Waals surface area contributed by atoms with E-state index in [1.807, 2.05) is 60.6 Å². The maximum absolute atomic E-state index is 11.6. The zero-order chi connectivity index (χ0) is 16.6. The van der Waals surface area contributed by atoms with E-state index in [1.165, 1.54) is 5.56 Å². The zero-order valence-electron chi connectivity index (χ0n) is 14.5. The maximum Gasteiger partial charge on any atom is 0.407 e. The van der Waals surface area contributed by atoms with Crippen LogP contribution < -0.4 is 11.1 Å². The summed E-state index contributed by atoms with van der Waals surface area (Å²) in [6, 6.07) is 4.10. The predicted molar refractivity (Wildman–Crippen MR) is 88.2 cm³/mol. The fourth-order valence-electron chi connectivity index (χ4n) is 2.00. The summed E-state index contributed by atoms with van der Waals surface area (Å²) in [7, 11) is 0. The van der Waals surface area contributed by atoms with Gasteiger partial charge >= 0.3 is 6.09 Å². The molecule has 21 heavy (non-hydrogen) atoms. The summed E-state index contributed by atoms with van der Waals surface area (Å²) in [5.74, 6) is 0. The molecule has 1 aromatic rings. The van der Waals surface area contributed by atoms with Crippen LogP contribution in [0, 0.1) is 13.8 Å². The van der Waals surface area contributed by atoms with Crippen molar-refractivity contribution in [1.82, 2.24) is 5.32 Å². The molecule has 0 aromatic heterocycles. The number of hydrogen-bond donors (Lipinski definition) is 2. The lowest BCUT2D eigenvalue weighted by Crippen LogP contribution is -2.32. The SMILES string of the molecule is CC.Cc1cc(CNC(=O)OC(C)(C)C)cc(C)c1CN. The molecule has 1 rings (SSSR count). The Labute approximate surface area is 129 Å². The molecular weight excluding hydrogens is 264 g/mol. The Morgan fingerprint density at radius 3 is 2.05 bits per heavy atom. The van der Waals surface area contributed by atoms with E-state index in [0.29, 0.717) is 13.1 Å². The zero-order valence-corrected chi connectivity index (χ0v) is 14.5. The van der Waals surface area contributed by atoms with E-state index in [9.17, 15) is 4.79 Å². The molecule has 1 aromatic carbocycles. The topological polar surface area (TPSA) is 64.3 Å². The van der Waals surface area contributed by atoms with Crippen molar-refractivity contribution in [2.24, 2.45) is 5.73 Å². The van der Waals surface area contributed by atoms with E-state index in [-0.39, 0.29) is 0 Å². The number of carbonyl (C=O) groups is 1. The monoisotopic (exact) mass is 294 g/mol. The van der Waals surface area contributed by atoms with Gasteiger partial charge in [0.15, 0.2) is 0 Å². The molecule has 4 heteroatoms. The second-order valence-corrected chi connectivity index (χ2v) is 5.77. The Hall–Kier alpha value is -1.55. The summed E-state index contributed by atoms with van der Waals surface area (Å²) in [6.45, 7) is 14.6. The molecule has 0 atom stereocenters. The Morgan fingerprint density at radius 1 is 1.19 bits per heavy atom. The Kier molecular flexibility index (Phi) is 8.03. The van der Waals surface area contributed by atoms with Gasteiger partial charge in [-0.1, -0.05) is 26.0 Å². The van der Waals surface area contributed by atoms with Crippen molar-refractivity contribution >= 4 is 6.09 Å². The Bertz CT molecular complexity index is 439. The minimum atomic E-state index is -0.473. The first kappa shape index (κ1) is 19.4. The van der Waals surface area contributed by atoms with Crippen molar-refractivity contribution in [2.75, 3.05) is 0 Å². The fourth-order valence-corrected chi connectivity index (χ4v) is 2.00. The lowest BCUT2D eigenvalue weighted by atomic mass is 9.99. The minimum absolute atomic E-state index is 0.397. The van der Waals surface area contributed by atoms with Gasteiger partial charge in [0.25, 0.3) is 0 Å². The van der Waals surface area contributed by atoms with Crippen LogP contribution in [0.5, 0.6) is 0 Å². The molecule has 0 saturated heterocycles. The van der Waals surface area contributed by atoms with Crippen LogP contribution in [0.3, 0.4) is 0 Å². The fraction of sp³-hybridized carbons (Fsp3) is 0.588. The highest BCUT2D eigenvalue weighted by Gasteiger charge is 2.15. The predicted octanol–water partition coefficient (Wildman–Crippen LogP) is 3.81. The average Bonchev–Trinajstić information content (AvgIpc) is 2.36. The summed E-state index contributed by atoms with van der Waals surface area (Å²) in [4.78, 5) is 11.6. The van der Waals surface area contributed by atoms with Crippen LogP contribution in [0.1, 0.15) is 56.9 Å². The number of hydrogen-bond acceptors (Lipinski definition) is 3. The molecule has 4 nitrogen and oxygen atoms in total. The van der Waals surface area contributed by atoms with Crippen molar-refractivity contribution in [3.05, 3.63) is 34.4 Å². The van der Waals surface area contributed by atoms with Gasteiger partial charge in [-0.05, 0) is 56.9 Å². The number of carbonyl (C=O) groups excluding carboxylic acids is 1. The normalized spacial score (nSPS) is 10.5. The van der Waals surface area contributed by atoms with Crippen molar-refractivity contribution in [1.29, 1.82) is 0 Å². The van der Waals surface area contributed by atoms with E-state index < -0.39 is 11.7 Å². The van der Waals surface area contributed by atoms with Crippen molar-refractivity contribution < 1.29 is 9.53 Å². The largest absolute Gasteiger partial charge is 0.444 e. The molecular formula is C17H30N2O2. The van der Waals surface area contributed by atoms with Crippen LogP contribution in [-0.2, 0) is 17.8 Å². The van der Waals surface area contributed by atoms with Gasteiger partial charge in [0.05, 0.1) is 0 Å². The van der Waals surface area contributed by atoms with E-state index in [0.717, 1.165) is 16.7 Å². The van der Waals surface area contributed by atoms with Crippen molar-refractivity contribution in [3.63, 3.8) is 0 Å². The molecule has 0 unspecified atom stereocenters. The Morgan fingerprint density at radius 2 is 1.67 bits per heavy atom. The molecule has 0 fully saturated rings. The number of benzene rings is 1. The minimum Gasteiger partial charge on any atom is -0.444 e. The number of rotatable bonds is 3. The smallest absolute Gasteiger partial charge is 0.407 e. The van der Waals surface area contributed by atoms with Crippen LogP contribution >= 0.6 is 0 Å². The van der Waals surface area contributed by atoms with E-state index in [1.54, 1.807) is 0 Å². The molecule has 3 N–H and O–H groups in total. The molecule has 1 amide bonds. The van der Waals surface area contributed by atoms with Crippen molar-refractivity contribution in [3.8, 4) is 0 Å². The molecule has 0 radical (unpaired) electrons. The summed E-state index contributed by atoms with van der Waals surface area (Å²) in [6.07, 6.45) is -0.397. The highest BCUT2D eigenvalue weighted by atomic mass is 16.6. The van der Waals surface area contributed by atoms with E-state index in [2.05, 4.69) is 5.32 Å². The van der Waals surface area contributed by atoms with Crippen LogP contribution in [0.15, 0.2) is 12.1 Å². The molecule has 0 saturated carbocycles. The molecule has 0 aliphatic rings. The standard InChI is InChI=1S/C15H24N2O2.C2H6/c1-10-6-12(7-11(2)13(10)8-16)9-17-14(18)19-15(3,4)5;1-2/h6-7H,8-9,16H2,1-5H3,(H,17,18);1-2H3. The first-order valence-corrected chi connectivity index (χ1v) is 7.49. The van der Waals surface area contributed by atoms with Gasteiger partial charge in [-0.2, -0.15) is 0 Å². The lowest BCUT2D eigenvalue weighted by molar-refractivity contribution is 0.0523. The Balaban J connectivity index is 0.00000191. The van der Waals surface area contributed by atoms with Gasteiger partial charge in [0.1, 0.15) is 5.60 Å². The third-order valence-corrected chi connectivity index (χ3v) is 2.80. The quantitative estimate of drug-likeness (QED) is 0.891.